The molecular weight excluding hydrogens is 328 g/mol. The molecule has 1 saturated heterocycles. The van der Waals surface area contributed by atoms with Gasteiger partial charge in [0.05, 0.1) is 13.2 Å². The second-order valence-electron chi connectivity index (χ2n) is 5.92. The van der Waals surface area contributed by atoms with Crippen molar-refractivity contribution in [1.29, 1.82) is 5.26 Å². The van der Waals surface area contributed by atoms with Gasteiger partial charge in [-0.15, -0.1) is 0 Å². The summed E-state index contributed by atoms with van der Waals surface area (Å²) in [5.74, 6) is 0.490. The SMILES string of the molecule is N#CC(=Cc1ccc(OCc2ccccc2)cc1)C(=O)N1CCOCC1. The van der Waals surface area contributed by atoms with Crippen LogP contribution in [-0.4, -0.2) is 37.1 Å². The molecular formula is C21H20N2O3. The molecule has 2 aromatic carbocycles. The van der Waals surface area contributed by atoms with Crippen LogP contribution in [0.5, 0.6) is 5.75 Å². The van der Waals surface area contributed by atoms with E-state index in [4.69, 9.17) is 9.47 Å². The van der Waals surface area contributed by atoms with Crippen LogP contribution >= 0.6 is 0 Å². The third-order valence-corrected chi connectivity index (χ3v) is 4.09. The summed E-state index contributed by atoms with van der Waals surface area (Å²) in [6.07, 6.45) is 1.61. The van der Waals surface area contributed by atoms with E-state index in [0.717, 1.165) is 16.9 Å². The van der Waals surface area contributed by atoms with Crippen LogP contribution in [-0.2, 0) is 16.1 Å². The summed E-state index contributed by atoms with van der Waals surface area (Å²) in [5, 5.41) is 9.33. The fourth-order valence-electron chi connectivity index (χ4n) is 2.65. The Kier molecular flexibility index (Phi) is 6.02. The van der Waals surface area contributed by atoms with E-state index in [-0.39, 0.29) is 11.5 Å². The molecule has 5 nitrogen and oxygen atoms in total. The molecule has 1 fully saturated rings. The van der Waals surface area contributed by atoms with Crippen molar-refractivity contribution in [2.75, 3.05) is 26.3 Å². The Balaban J connectivity index is 1.64. The van der Waals surface area contributed by atoms with Crippen molar-refractivity contribution in [3.63, 3.8) is 0 Å². The molecule has 0 N–H and O–H groups in total. The molecule has 0 aliphatic carbocycles. The van der Waals surface area contributed by atoms with Gasteiger partial charge in [0.25, 0.3) is 5.91 Å². The molecule has 0 atom stereocenters. The van der Waals surface area contributed by atoms with Crippen molar-refractivity contribution in [3.8, 4) is 11.8 Å². The normalized spacial score (nSPS) is 14.6. The molecule has 1 heterocycles. The Hall–Kier alpha value is -3.10. The van der Waals surface area contributed by atoms with Crippen molar-refractivity contribution in [3.05, 3.63) is 71.3 Å². The first-order valence-corrected chi connectivity index (χ1v) is 8.52. The topological polar surface area (TPSA) is 62.6 Å². The first-order valence-electron chi connectivity index (χ1n) is 8.52. The molecule has 1 aliphatic rings. The molecule has 0 radical (unpaired) electrons. The van der Waals surface area contributed by atoms with E-state index in [1.807, 2.05) is 60.7 Å². The predicted molar refractivity (Wildman–Crippen MR) is 98.2 cm³/mol. The Labute approximate surface area is 153 Å². The van der Waals surface area contributed by atoms with E-state index < -0.39 is 0 Å². The van der Waals surface area contributed by atoms with Crippen LogP contribution in [0.4, 0.5) is 0 Å². The summed E-state index contributed by atoms with van der Waals surface area (Å²) in [4.78, 5) is 14.1. The van der Waals surface area contributed by atoms with Gasteiger partial charge in [-0.25, -0.2) is 0 Å². The summed E-state index contributed by atoms with van der Waals surface area (Å²) in [6, 6.07) is 19.3. The maximum Gasteiger partial charge on any atom is 0.264 e. The molecule has 0 aromatic heterocycles. The lowest BCUT2D eigenvalue weighted by molar-refractivity contribution is -0.130. The lowest BCUT2D eigenvalue weighted by atomic mass is 10.1. The van der Waals surface area contributed by atoms with Crippen molar-refractivity contribution < 1.29 is 14.3 Å². The molecule has 132 valence electrons. The highest BCUT2D eigenvalue weighted by molar-refractivity contribution is 6.01. The van der Waals surface area contributed by atoms with Crippen LogP contribution in [0.2, 0.25) is 0 Å². The van der Waals surface area contributed by atoms with Gasteiger partial charge in [-0.1, -0.05) is 42.5 Å². The second kappa shape index (κ2) is 8.84. The second-order valence-corrected chi connectivity index (χ2v) is 5.92. The lowest BCUT2D eigenvalue weighted by Crippen LogP contribution is -2.41. The van der Waals surface area contributed by atoms with Gasteiger partial charge in [-0.3, -0.25) is 4.79 Å². The van der Waals surface area contributed by atoms with Gasteiger partial charge < -0.3 is 14.4 Å². The molecule has 0 saturated carbocycles. The minimum absolute atomic E-state index is 0.129. The van der Waals surface area contributed by atoms with E-state index in [9.17, 15) is 10.1 Å². The molecule has 0 spiro atoms. The standard InChI is InChI=1S/C21H20N2O3/c22-15-19(21(24)23-10-12-25-13-11-23)14-17-6-8-20(9-7-17)26-16-18-4-2-1-3-5-18/h1-9,14H,10-13,16H2. The maximum atomic E-state index is 12.4. The Morgan fingerprint density at radius 1 is 1.12 bits per heavy atom. The fraction of sp³-hybridized carbons (Fsp3) is 0.238. The molecule has 0 unspecified atom stereocenters. The highest BCUT2D eigenvalue weighted by Crippen LogP contribution is 2.17. The average Bonchev–Trinajstić information content (AvgIpc) is 2.72. The first kappa shape index (κ1) is 17.7. The van der Waals surface area contributed by atoms with Gasteiger partial charge >= 0.3 is 0 Å². The van der Waals surface area contributed by atoms with Gasteiger partial charge in [0.15, 0.2) is 0 Å². The van der Waals surface area contributed by atoms with Gasteiger partial charge in [-0.2, -0.15) is 5.26 Å². The van der Waals surface area contributed by atoms with Crippen LogP contribution in [0.15, 0.2) is 60.2 Å². The van der Waals surface area contributed by atoms with Gasteiger partial charge in [0.1, 0.15) is 24.0 Å². The molecule has 1 amide bonds. The van der Waals surface area contributed by atoms with Crippen LogP contribution < -0.4 is 4.74 Å². The minimum Gasteiger partial charge on any atom is -0.489 e. The summed E-state index contributed by atoms with van der Waals surface area (Å²) in [7, 11) is 0. The number of carbonyl (C=O) groups excluding carboxylic acids is 1. The minimum atomic E-state index is -0.250. The number of hydrogen-bond donors (Lipinski definition) is 0. The van der Waals surface area contributed by atoms with E-state index in [0.29, 0.717) is 32.9 Å². The lowest BCUT2D eigenvalue weighted by Gasteiger charge is -2.26. The van der Waals surface area contributed by atoms with E-state index >= 15 is 0 Å². The van der Waals surface area contributed by atoms with Crippen molar-refractivity contribution in [2.24, 2.45) is 0 Å². The number of hydrogen-bond acceptors (Lipinski definition) is 4. The number of ether oxygens (including phenoxy) is 2. The Morgan fingerprint density at radius 3 is 2.46 bits per heavy atom. The quantitative estimate of drug-likeness (QED) is 0.615. The first-order chi connectivity index (χ1) is 12.8. The predicted octanol–water partition coefficient (Wildman–Crippen LogP) is 3.03. The van der Waals surface area contributed by atoms with Crippen LogP contribution in [0.25, 0.3) is 6.08 Å². The monoisotopic (exact) mass is 348 g/mol. The van der Waals surface area contributed by atoms with E-state index in [1.165, 1.54) is 0 Å². The maximum absolute atomic E-state index is 12.4. The smallest absolute Gasteiger partial charge is 0.264 e. The summed E-state index contributed by atoms with van der Waals surface area (Å²) >= 11 is 0. The van der Waals surface area contributed by atoms with Crippen molar-refractivity contribution >= 4 is 12.0 Å². The fourth-order valence-corrected chi connectivity index (χ4v) is 2.65. The van der Waals surface area contributed by atoms with Gasteiger partial charge in [0.2, 0.25) is 0 Å². The number of amides is 1. The third kappa shape index (κ3) is 4.71. The number of nitrogens with zero attached hydrogens (tertiary/aromatic N) is 2. The van der Waals surface area contributed by atoms with Crippen LogP contribution in [0, 0.1) is 11.3 Å². The zero-order valence-corrected chi connectivity index (χ0v) is 14.4. The van der Waals surface area contributed by atoms with Crippen molar-refractivity contribution in [2.45, 2.75) is 6.61 Å². The highest BCUT2D eigenvalue weighted by atomic mass is 16.5. The summed E-state index contributed by atoms with van der Waals surface area (Å²) < 4.78 is 11.0. The number of nitriles is 1. The number of carbonyl (C=O) groups is 1. The van der Waals surface area contributed by atoms with E-state index in [2.05, 4.69) is 0 Å². The molecule has 26 heavy (non-hydrogen) atoms. The number of rotatable bonds is 5. The average molecular weight is 348 g/mol. The molecule has 2 aromatic rings. The number of morpholine rings is 1. The third-order valence-electron chi connectivity index (χ3n) is 4.09. The highest BCUT2D eigenvalue weighted by Gasteiger charge is 2.20. The summed E-state index contributed by atoms with van der Waals surface area (Å²) in [6.45, 7) is 2.55. The van der Waals surface area contributed by atoms with E-state index in [1.54, 1.807) is 11.0 Å². The van der Waals surface area contributed by atoms with Crippen molar-refractivity contribution in [1.82, 2.24) is 4.90 Å². The van der Waals surface area contributed by atoms with Gasteiger partial charge in [0, 0.05) is 13.1 Å². The zero-order chi connectivity index (χ0) is 18.2. The molecule has 0 bridgehead atoms. The molecule has 3 rings (SSSR count). The van der Waals surface area contributed by atoms with Gasteiger partial charge in [-0.05, 0) is 29.3 Å². The molecule has 5 heteroatoms. The summed E-state index contributed by atoms with van der Waals surface area (Å²) in [5.41, 5.74) is 2.01. The van der Waals surface area contributed by atoms with Crippen LogP contribution in [0.3, 0.4) is 0 Å². The largest absolute Gasteiger partial charge is 0.489 e. The van der Waals surface area contributed by atoms with Crippen LogP contribution in [0.1, 0.15) is 11.1 Å². The zero-order valence-electron chi connectivity index (χ0n) is 14.4. The Morgan fingerprint density at radius 2 is 1.81 bits per heavy atom. The Bertz CT molecular complexity index is 801. The number of benzene rings is 2. The molecule has 1 aliphatic heterocycles.